The van der Waals surface area contributed by atoms with E-state index in [2.05, 4.69) is 5.32 Å². The van der Waals surface area contributed by atoms with Crippen LogP contribution in [0.1, 0.15) is 15.9 Å². The van der Waals surface area contributed by atoms with Crippen LogP contribution in [0.2, 0.25) is 5.02 Å². The maximum atomic E-state index is 13.9. The number of halogens is 2. The lowest BCUT2D eigenvalue weighted by molar-refractivity contribution is 0.102. The molecular weight excluding hydrogens is 413 g/mol. The van der Waals surface area contributed by atoms with Crippen LogP contribution in [-0.4, -0.2) is 20.1 Å². The molecule has 0 fully saturated rings. The van der Waals surface area contributed by atoms with Crippen LogP contribution in [0.15, 0.2) is 65.6 Å². The number of ether oxygens (including phenoxy) is 2. The summed E-state index contributed by atoms with van der Waals surface area (Å²) in [5.74, 6) is 0.671. The van der Waals surface area contributed by atoms with Gasteiger partial charge in [-0.25, -0.2) is 4.39 Å². The van der Waals surface area contributed by atoms with Crippen molar-refractivity contribution in [3.63, 3.8) is 0 Å². The lowest BCUT2D eigenvalue weighted by atomic mass is 10.2. The lowest BCUT2D eigenvalue weighted by Crippen LogP contribution is -2.14. The smallest absolute Gasteiger partial charge is 0.256 e. The van der Waals surface area contributed by atoms with Crippen LogP contribution >= 0.6 is 23.4 Å². The van der Waals surface area contributed by atoms with E-state index in [4.69, 9.17) is 21.1 Å². The fraction of sp³-hybridized carbons (Fsp3) is 0.136. The molecule has 0 radical (unpaired) electrons. The molecule has 4 nitrogen and oxygen atoms in total. The summed E-state index contributed by atoms with van der Waals surface area (Å²) in [5.41, 5.74) is 1.49. The van der Waals surface area contributed by atoms with Gasteiger partial charge in [0.05, 0.1) is 30.5 Å². The van der Waals surface area contributed by atoms with Crippen molar-refractivity contribution < 1.29 is 18.7 Å². The van der Waals surface area contributed by atoms with Gasteiger partial charge in [0.1, 0.15) is 17.3 Å². The zero-order valence-electron chi connectivity index (χ0n) is 15.9. The fourth-order valence-corrected chi connectivity index (χ4v) is 3.97. The van der Waals surface area contributed by atoms with Crippen LogP contribution in [0.25, 0.3) is 0 Å². The molecule has 150 valence electrons. The summed E-state index contributed by atoms with van der Waals surface area (Å²) in [6.45, 7) is 0. The predicted octanol–water partition coefficient (Wildman–Crippen LogP) is 6.04. The first-order chi connectivity index (χ1) is 14.0. The maximum absolute atomic E-state index is 13.9. The highest BCUT2D eigenvalue weighted by atomic mass is 35.5. The quantitative estimate of drug-likeness (QED) is 0.463. The highest BCUT2D eigenvalue weighted by Gasteiger charge is 2.16. The number of nitrogens with one attached hydrogen (secondary N) is 1. The van der Waals surface area contributed by atoms with E-state index in [0.29, 0.717) is 39.1 Å². The Bertz CT molecular complexity index is 1030. The minimum Gasteiger partial charge on any atom is -0.495 e. The third kappa shape index (κ3) is 5.02. The Labute approximate surface area is 178 Å². The molecule has 0 heterocycles. The first-order valence-electron chi connectivity index (χ1n) is 8.71. The first kappa shape index (κ1) is 21.0. The Balaban J connectivity index is 1.83. The van der Waals surface area contributed by atoms with E-state index in [1.165, 1.54) is 32.0 Å². The van der Waals surface area contributed by atoms with E-state index < -0.39 is 0 Å². The van der Waals surface area contributed by atoms with Crippen LogP contribution in [-0.2, 0) is 5.75 Å². The fourth-order valence-electron chi connectivity index (χ4n) is 2.70. The number of rotatable bonds is 7. The molecular formula is C22H19ClFNO3S. The minimum atomic E-state index is -0.315. The van der Waals surface area contributed by atoms with Crippen molar-refractivity contribution in [1.82, 2.24) is 0 Å². The monoisotopic (exact) mass is 431 g/mol. The van der Waals surface area contributed by atoms with E-state index in [1.807, 2.05) is 12.1 Å². The minimum absolute atomic E-state index is 0.264. The van der Waals surface area contributed by atoms with Gasteiger partial charge in [-0.05, 0) is 23.8 Å². The maximum Gasteiger partial charge on any atom is 0.256 e. The molecule has 3 aromatic rings. The molecule has 0 aromatic heterocycles. The van der Waals surface area contributed by atoms with Gasteiger partial charge < -0.3 is 14.8 Å². The molecule has 0 unspecified atom stereocenters. The number of benzene rings is 3. The van der Waals surface area contributed by atoms with Crippen molar-refractivity contribution in [2.24, 2.45) is 0 Å². The Morgan fingerprint density at radius 1 is 1.03 bits per heavy atom. The molecule has 0 atom stereocenters. The van der Waals surface area contributed by atoms with E-state index >= 15 is 0 Å². The van der Waals surface area contributed by atoms with Crippen molar-refractivity contribution in [1.29, 1.82) is 0 Å². The number of hydrogen-bond acceptors (Lipinski definition) is 4. The average Bonchev–Trinajstić information content (AvgIpc) is 2.74. The molecule has 0 spiro atoms. The van der Waals surface area contributed by atoms with Gasteiger partial charge in [-0.15, -0.1) is 11.8 Å². The van der Waals surface area contributed by atoms with E-state index in [0.717, 1.165) is 4.90 Å². The second kappa shape index (κ2) is 9.67. The largest absolute Gasteiger partial charge is 0.495 e. The molecule has 0 bridgehead atoms. The van der Waals surface area contributed by atoms with Gasteiger partial charge in [-0.3, -0.25) is 4.79 Å². The Morgan fingerprint density at radius 2 is 1.72 bits per heavy atom. The summed E-state index contributed by atoms with van der Waals surface area (Å²) >= 11 is 7.51. The molecule has 0 aliphatic heterocycles. The van der Waals surface area contributed by atoms with Gasteiger partial charge in [-0.1, -0.05) is 41.9 Å². The van der Waals surface area contributed by atoms with E-state index in [1.54, 1.807) is 42.5 Å². The van der Waals surface area contributed by atoms with Crippen molar-refractivity contribution >= 4 is 35.0 Å². The summed E-state index contributed by atoms with van der Waals surface area (Å²) in [4.78, 5) is 13.7. The highest BCUT2D eigenvalue weighted by Crippen LogP contribution is 2.36. The zero-order valence-corrected chi connectivity index (χ0v) is 17.4. The second-order valence-corrected chi connectivity index (χ2v) is 7.44. The van der Waals surface area contributed by atoms with Crippen LogP contribution in [0, 0.1) is 5.82 Å². The van der Waals surface area contributed by atoms with E-state index in [-0.39, 0.29) is 11.7 Å². The zero-order chi connectivity index (χ0) is 20.8. The molecule has 0 aliphatic carbocycles. The topological polar surface area (TPSA) is 47.6 Å². The molecule has 7 heteroatoms. The molecule has 1 amide bonds. The van der Waals surface area contributed by atoms with Gasteiger partial charge in [0.15, 0.2) is 0 Å². The highest BCUT2D eigenvalue weighted by molar-refractivity contribution is 7.98. The number of anilines is 1. The lowest BCUT2D eigenvalue weighted by Gasteiger charge is -2.14. The molecule has 3 aromatic carbocycles. The first-order valence-corrected chi connectivity index (χ1v) is 10.1. The summed E-state index contributed by atoms with van der Waals surface area (Å²) < 4.78 is 24.4. The standard InChI is InChI=1S/C22H19ClFNO3S/c1-27-19-12-18(20(28-2)11-16(19)23)25-22(26)15-8-4-6-10-21(15)29-13-14-7-3-5-9-17(14)24/h3-12H,13H2,1-2H3,(H,25,26). The van der Waals surface area contributed by atoms with Crippen LogP contribution < -0.4 is 14.8 Å². The Morgan fingerprint density at radius 3 is 2.45 bits per heavy atom. The van der Waals surface area contributed by atoms with Gasteiger partial charge >= 0.3 is 0 Å². The van der Waals surface area contributed by atoms with Crippen molar-refractivity contribution in [2.75, 3.05) is 19.5 Å². The number of thioether (sulfide) groups is 1. The van der Waals surface area contributed by atoms with Crippen molar-refractivity contribution in [2.45, 2.75) is 10.6 Å². The third-order valence-electron chi connectivity index (χ3n) is 4.19. The SMILES string of the molecule is COc1cc(NC(=O)c2ccccc2SCc2ccccc2F)c(OC)cc1Cl. The molecule has 3 rings (SSSR count). The molecule has 0 aliphatic rings. The number of carbonyl (C=O) groups excluding carboxylic acids is 1. The van der Waals surface area contributed by atoms with Gasteiger partial charge in [0.2, 0.25) is 0 Å². The summed E-state index contributed by atoms with van der Waals surface area (Å²) in [6.07, 6.45) is 0. The molecule has 0 saturated heterocycles. The normalized spacial score (nSPS) is 10.5. The van der Waals surface area contributed by atoms with Crippen LogP contribution in [0.3, 0.4) is 0 Å². The number of carbonyl (C=O) groups is 1. The Hall–Kier alpha value is -2.70. The number of methoxy groups -OCH3 is 2. The Kier molecular flexibility index (Phi) is 7.01. The van der Waals surface area contributed by atoms with E-state index in [9.17, 15) is 9.18 Å². The van der Waals surface area contributed by atoms with Gasteiger partial charge in [-0.2, -0.15) is 0 Å². The van der Waals surface area contributed by atoms with Crippen LogP contribution in [0.5, 0.6) is 11.5 Å². The molecule has 29 heavy (non-hydrogen) atoms. The summed E-state index contributed by atoms with van der Waals surface area (Å²) in [7, 11) is 2.99. The van der Waals surface area contributed by atoms with Crippen molar-refractivity contribution in [3.05, 3.63) is 82.6 Å². The van der Waals surface area contributed by atoms with Gasteiger partial charge in [0, 0.05) is 22.8 Å². The second-order valence-electron chi connectivity index (χ2n) is 6.02. The number of hydrogen-bond donors (Lipinski definition) is 1. The number of amides is 1. The third-order valence-corrected chi connectivity index (χ3v) is 5.61. The predicted molar refractivity (Wildman–Crippen MR) is 115 cm³/mol. The van der Waals surface area contributed by atoms with Crippen molar-refractivity contribution in [3.8, 4) is 11.5 Å². The molecule has 1 N–H and O–H groups in total. The van der Waals surface area contributed by atoms with Crippen LogP contribution in [0.4, 0.5) is 10.1 Å². The summed E-state index contributed by atoms with van der Waals surface area (Å²) in [5, 5.41) is 3.22. The summed E-state index contributed by atoms with van der Waals surface area (Å²) in [6, 6.07) is 17.0. The average molecular weight is 432 g/mol. The van der Waals surface area contributed by atoms with Gasteiger partial charge in [0.25, 0.3) is 5.91 Å². The molecule has 0 saturated carbocycles.